The molecule has 0 unspecified atom stereocenters. The fraction of sp³-hybridized carbons (Fsp3) is 0.267. The molecule has 0 saturated carbocycles. The summed E-state index contributed by atoms with van der Waals surface area (Å²) >= 11 is 0. The molecule has 2 aromatic rings. The Labute approximate surface area is 112 Å². The van der Waals surface area contributed by atoms with Crippen LogP contribution in [-0.2, 0) is 6.54 Å². The maximum absolute atomic E-state index is 12.4. The third-order valence-electron chi connectivity index (χ3n) is 2.88. The monoisotopic (exact) mass is 258 g/mol. The largest absolute Gasteiger partial charge is 0.469 e. The minimum absolute atomic E-state index is 0.0499. The maximum Gasteiger partial charge on any atom is 0.257 e. The first kappa shape index (κ1) is 13.4. The second-order valence-corrected chi connectivity index (χ2v) is 4.45. The van der Waals surface area contributed by atoms with E-state index < -0.39 is 0 Å². The Morgan fingerprint density at radius 2 is 2.05 bits per heavy atom. The van der Waals surface area contributed by atoms with Crippen LogP contribution in [0.15, 0.2) is 47.1 Å². The third-order valence-corrected chi connectivity index (χ3v) is 2.88. The Kier molecular flexibility index (Phi) is 4.36. The van der Waals surface area contributed by atoms with Crippen molar-refractivity contribution >= 4 is 5.91 Å². The van der Waals surface area contributed by atoms with E-state index in [2.05, 4.69) is 0 Å². The average molecular weight is 258 g/mol. The third kappa shape index (κ3) is 3.45. The fourth-order valence-electron chi connectivity index (χ4n) is 1.95. The van der Waals surface area contributed by atoms with Gasteiger partial charge in [-0.05, 0) is 18.6 Å². The van der Waals surface area contributed by atoms with Crippen LogP contribution < -0.4 is 5.73 Å². The molecule has 19 heavy (non-hydrogen) atoms. The summed E-state index contributed by atoms with van der Waals surface area (Å²) in [5, 5.41) is 0. The smallest absolute Gasteiger partial charge is 0.257 e. The molecule has 0 bridgehead atoms. The second kappa shape index (κ2) is 6.20. The summed E-state index contributed by atoms with van der Waals surface area (Å²) in [4.78, 5) is 14.1. The molecule has 0 aliphatic carbocycles. The van der Waals surface area contributed by atoms with Gasteiger partial charge in [-0.2, -0.15) is 0 Å². The molecule has 1 aromatic heterocycles. The van der Waals surface area contributed by atoms with Crippen LogP contribution in [0.2, 0.25) is 0 Å². The summed E-state index contributed by atoms with van der Waals surface area (Å²) < 4.78 is 5.19. The number of hydrogen-bond donors (Lipinski definition) is 1. The van der Waals surface area contributed by atoms with Crippen molar-refractivity contribution in [1.82, 2.24) is 4.90 Å². The predicted molar refractivity (Wildman–Crippen MR) is 73.7 cm³/mol. The van der Waals surface area contributed by atoms with E-state index >= 15 is 0 Å². The van der Waals surface area contributed by atoms with Crippen LogP contribution in [0.25, 0.3) is 0 Å². The molecule has 100 valence electrons. The molecule has 0 aliphatic rings. The number of amides is 1. The molecule has 1 amide bonds. The van der Waals surface area contributed by atoms with Crippen LogP contribution in [0, 0.1) is 6.92 Å². The van der Waals surface area contributed by atoms with Gasteiger partial charge in [-0.15, -0.1) is 0 Å². The van der Waals surface area contributed by atoms with Gasteiger partial charge in [0.05, 0.1) is 5.56 Å². The molecule has 2 rings (SSSR count). The van der Waals surface area contributed by atoms with Crippen molar-refractivity contribution in [3.05, 3.63) is 59.5 Å². The first-order valence-electron chi connectivity index (χ1n) is 6.29. The number of carbonyl (C=O) groups is 1. The number of furan rings is 1. The van der Waals surface area contributed by atoms with E-state index in [9.17, 15) is 4.79 Å². The van der Waals surface area contributed by atoms with Crippen molar-refractivity contribution in [2.45, 2.75) is 13.5 Å². The Balaban J connectivity index is 2.13. The lowest BCUT2D eigenvalue weighted by molar-refractivity contribution is 0.0747. The summed E-state index contributed by atoms with van der Waals surface area (Å²) in [5.74, 6) is 0.682. The minimum Gasteiger partial charge on any atom is -0.469 e. The first-order chi connectivity index (χ1) is 9.20. The summed E-state index contributed by atoms with van der Waals surface area (Å²) in [5.41, 5.74) is 7.25. The summed E-state index contributed by atoms with van der Waals surface area (Å²) in [6.45, 7) is 3.34. The molecule has 4 nitrogen and oxygen atoms in total. The number of aryl methyl sites for hydroxylation is 1. The highest BCUT2D eigenvalue weighted by Crippen LogP contribution is 2.12. The number of nitrogens with zero attached hydrogens (tertiary/aromatic N) is 1. The highest BCUT2D eigenvalue weighted by atomic mass is 16.3. The first-order valence-corrected chi connectivity index (χ1v) is 6.29. The van der Waals surface area contributed by atoms with Crippen LogP contribution >= 0.6 is 0 Å². The Morgan fingerprint density at radius 3 is 2.63 bits per heavy atom. The summed E-state index contributed by atoms with van der Waals surface area (Å²) in [6, 6.07) is 11.6. The molecule has 0 saturated heterocycles. The van der Waals surface area contributed by atoms with Crippen molar-refractivity contribution in [2.24, 2.45) is 5.73 Å². The van der Waals surface area contributed by atoms with Gasteiger partial charge < -0.3 is 15.1 Å². The van der Waals surface area contributed by atoms with Gasteiger partial charge in [0.25, 0.3) is 5.91 Å². The van der Waals surface area contributed by atoms with E-state index in [1.165, 1.54) is 6.26 Å². The van der Waals surface area contributed by atoms with Gasteiger partial charge in [-0.3, -0.25) is 4.79 Å². The van der Waals surface area contributed by atoms with Crippen LogP contribution in [0.5, 0.6) is 0 Å². The van der Waals surface area contributed by atoms with E-state index in [0.717, 1.165) is 11.3 Å². The van der Waals surface area contributed by atoms with E-state index in [0.29, 0.717) is 25.2 Å². The topological polar surface area (TPSA) is 59.5 Å². The van der Waals surface area contributed by atoms with Crippen molar-refractivity contribution in [2.75, 3.05) is 13.1 Å². The number of benzene rings is 1. The van der Waals surface area contributed by atoms with Gasteiger partial charge in [0.15, 0.2) is 0 Å². The Morgan fingerprint density at radius 1 is 1.32 bits per heavy atom. The maximum atomic E-state index is 12.4. The van der Waals surface area contributed by atoms with E-state index in [-0.39, 0.29) is 5.91 Å². The molecule has 0 spiro atoms. The molecular weight excluding hydrogens is 240 g/mol. The van der Waals surface area contributed by atoms with Crippen LogP contribution in [0.4, 0.5) is 0 Å². The molecule has 1 heterocycles. The number of nitrogens with two attached hydrogens (primary N) is 1. The second-order valence-electron chi connectivity index (χ2n) is 4.45. The van der Waals surface area contributed by atoms with Gasteiger partial charge in [0.1, 0.15) is 12.0 Å². The number of carbonyl (C=O) groups excluding carboxylic acids is 1. The average Bonchev–Trinajstić information content (AvgIpc) is 2.85. The molecule has 0 radical (unpaired) electrons. The zero-order chi connectivity index (χ0) is 13.7. The molecule has 0 fully saturated rings. The predicted octanol–water partition coefficient (Wildman–Crippen LogP) is 2.19. The van der Waals surface area contributed by atoms with E-state index in [1.807, 2.05) is 37.3 Å². The minimum atomic E-state index is -0.0499. The lowest BCUT2D eigenvalue weighted by atomic mass is 10.2. The molecule has 2 N–H and O–H groups in total. The van der Waals surface area contributed by atoms with Gasteiger partial charge >= 0.3 is 0 Å². The zero-order valence-corrected chi connectivity index (χ0v) is 11.0. The van der Waals surface area contributed by atoms with Crippen LogP contribution in [0.3, 0.4) is 0 Å². The SMILES string of the molecule is Cc1cc(C(=O)N(CCN)Cc2ccccc2)co1. The summed E-state index contributed by atoms with van der Waals surface area (Å²) in [6.07, 6.45) is 1.49. The lowest BCUT2D eigenvalue weighted by Gasteiger charge is -2.21. The molecule has 4 heteroatoms. The Bertz CT molecular complexity index is 534. The zero-order valence-electron chi connectivity index (χ0n) is 11.0. The van der Waals surface area contributed by atoms with Gasteiger partial charge in [0.2, 0.25) is 0 Å². The molecule has 1 aromatic carbocycles. The quantitative estimate of drug-likeness (QED) is 0.894. The van der Waals surface area contributed by atoms with E-state index in [1.54, 1.807) is 11.0 Å². The Hall–Kier alpha value is -2.07. The van der Waals surface area contributed by atoms with Gasteiger partial charge in [-0.25, -0.2) is 0 Å². The normalized spacial score (nSPS) is 10.4. The lowest BCUT2D eigenvalue weighted by Crippen LogP contribution is -2.34. The number of rotatable bonds is 5. The molecule has 0 aliphatic heterocycles. The standard InChI is InChI=1S/C15H18N2O2/c1-12-9-14(11-19-12)15(18)17(8-7-16)10-13-5-3-2-4-6-13/h2-6,9,11H,7-8,10,16H2,1H3. The van der Waals surface area contributed by atoms with Crippen molar-refractivity contribution in [1.29, 1.82) is 0 Å². The van der Waals surface area contributed by atoms with Gasteiger partial charge in [0, 0.05) is 19.6 Å². The highest BCUT2D eigenvalue weighted by Gasteiger charge is 2.17. The van der Waals surface area contributed by atoms with Crippen molar-refractivity contribution in [3.63, 3.8) is 0 Å². The van der Waals surface area contributed by atoms with Gasteiger partial charge in [-0.1, -0.05) is 30.3 Å². The highest BCUT2D eigenvalue weighted by molar-refractivity contribution is 5.94. The van der Waals surface area contributed by atoms with Crippen molar-refractivity contribution in [3.8, 4) is 0 Å². The van der Waals surface area contributed by atoms with Crippen molar-refractivity contribution < 1.29 is 9.21 Å². The molecule has 0 atom stereocenters. The van der Waals surface area contributed by atoms with Crippen LogP contribution in [0.1, 0.15) is 21.7 Å². The fourth-order valence-corrected chi connectivity index (χ4v) is 1.95. The molecular formula is C15H18N2O2. The van der Waals surface area contributed by atoms with E-state index in [4.69, 9.17) is 10.2 Å². The number of hydrogen-bond acceptors (Lipinski definition) is 3. The van der Waals surface area contributed by atoms with Crippen LogP contribution in [-0.4, -0.2) is 23.9 Å². The summed E-state index contributed by atoms with van der Waals surface area (Å²) in [7, 11) is 0.